The monoisotopic (exact) mass is 210 g/mol. The number of hydrogen-bond donors (Lipinski definition) is 2. The second-order valence-electron chi connectivity index (χ2n) is 3.27. The molecule has 0 bridgehead atoms. The second kappa shape index (κ2) is 4.91. The summed E-state index contributed by atoms with van der Waals surface area (Å²) in [7, 11) is 1.54. The third kappa shape index (κ3) is 2.78. The van der Waals surface area contributed by atoms with Crippen LogP contribution in [0, 0.1) is 0 Å². The van der Waals surface area contributed by atoms with Crippen LogP contribution in [0.15, 0.2) is 24.3 Å². The number of hydrogen-bond acceptors (Lipinski definition) is 4. The van der Waals surface area contributed by atoms with E-state index >= 15 is 0 Å². The van der Waals surface area contributed by atoms with Crippen LogP contribution in [0.4, 0.5) is 0 Å². The number of aliphatic hydroxyl groups is 2. The van der Waals surface area contributed by atoms with Crippen LogP contribution in [-0.2, 0) is 4.79 Å². The molecule has 0 saturated carbocycles. The summed E-state index contributed by atoms with van der Waals surface area (Å²) in [5.41, 5.74) is 0.485. The third-order valence-electron chi connectivity index (χ3n) is 2.17. The number of aliphatic hydroxyl groups excluding tert-OH is 2. The quantitative estimate of drug-likeness (QED) is 0.766. The van der Waals surface area contributed by atoms with Gasteiger partial charge in [0.05, 0.1) is 7.11 Å². The van der Waals surface area contributed by atoms with E-state index in [1.54, 1.807) is 24.3 Å². The zero-order valence-electron chi connectivity index (χ0n) is 8.68. The lowest BCUT2D eigenvalue weighted by Crippen LogP contribution is -2.25. The smallest absolute Gasteiger partial charge is 0.161 e. The van der Waals surface area contributed by atoms with Crippen LogP contribution in [0.1, 0.15) is 18.6 Å². The normalized spacial score (nSPS) is 14.4. The Morgan fingerprint density at radius 2 is 1.80 bits per heavy atom. The van der Waals surface area contributed by atoms with Crippen LogP contribution in [-0.4, -0.2) is 29.2 Å². The maximum Gasteiger partial charge on any atom is 0.161 e. The molecule has 0 fully saturated rings. The molecule has 15 heavy (non-hydrogen) atoms. The molecule has 4 nitrogen and oxygen atoms in total. The minimum Gasteiger partial charge on any atom is -0.497 e. The Morgan fingerprint density at radius 1 is 1.27 bits per heavy atom. The van der Waals surface area contributed by atoms with Gasteiger partial charge in [-0.2, -0.15) is 0 Å². The largest absolute Gasteiger partial charge is 0.497 e. The van der Waals surface area contributed by atoms with Crippen LogP contribution in [0.2, 0.25) is 0 Å². The van der Waals surface area contributed by atoms with Crippen molar-refractivity contribution in [3.63, 3.8) is 0 Å². The van der Waals surface area contributed by atoms with Gasteiger partial charge in [0.15, 0.2) is 5.78 Å². The molecular formula is C11H14O4. The lowest BCUT2D eigenvalue weighted by molar-refractivity contribution is -0.130. The first-order valence-electron chi connectivity index (χ1n) is 4.56. The van der Waals surface area contributed by atoms with Gasteiger partial charge >= 0.3 is 0 Å². The van der Waals surface area contributed by atoms with Gasteiger partial charge in [0.1, 0.15) is 18.0 Å². The lowest BCUT2D eigenvalue weighted by Gasteiger charge is -2.15. The summed E-state index contributed by atoms with van der Waals surface area (Å²) in [5.74, 6) is 0.196. The summed E-state index contributed by atoms with van der Waals surface area (Å²) < 4.78 is 4.95. The Balaban J connectivity index is 2.82. The van der Waals surface area contributed by atoms with E-state index in [4.69, 9.17) is 4.74 Å². The van der Waals surface area contributed by atoms with Crippen LogP contribution in [0.3, 0.4) is 0 Å². The molecule has 0 amide bonds. The number of rotatable bonds is 4. The summed E-state index contributed by atoms with van der Waals surface area (Å²) in [4.78, 5) is 10.8. The molecule has 1 rings (SSSR count). The van der Waals surface area contributed by atoms with Gasteiger partial charge in [-0.3, -0.25) is 4.79 Å². The van der Waals surface area contributed by atoms with Gasteiger partial charge in [0.25, 0.3) is 0 Å². The van der Waals surface area contributed by atoms with E-state index in [1.807, 2.05) is 0 Å². The number of carbonyl (C=O) groups excluding carboxylic acids is 1. The highest BCUT2D eigenvalue weighted by Gasteiger charge is 2.22. The van der Waals surface area contributed by atoms with Crippen molar-refractivity contribution in [2.75, 3.05) is 7.11 Å². The van der Waals surface area contributed by atoms with Crippen molar-refractivity contribution >= 4 is 5.78 Å². The second-order valence-corrected chi connectivity index (χ2v) is 3.27. The predicted octanol–water partition coefficient (Wildman–Crippen LogP) is 0.678. The van der Waals surface area contributed by atoms with Gasteiger partial charge in [0, 0.05) is 0 Å². The Kier molecular flexibility index (Phi) is 3.82. The van der Waals surface area contributed by atoms with E-state index in [0.29, 0.717) is 11.3 Å². The minimum absolute atomic E-state index is 0.460. The molecular weight excluding hydrogens is 196 g/mol. The first-order chi connectivity index (χ1) is 7.06. The highest BCUT2D eigenvalue weighted by molar-refractivity contribution is 5.81. The fourth-order valence-corrected chi connectivity index (χ4v) is 1.21. The minimum atomic E-state index is -1.38. The van der Waals surface area contributed by atoms with E-state index in [0.717, 1.165) is 0 Å². The molecule has 1 aromatic rings. The molecule has 0 unspecified atom stereocenters. The lowest BCUT2D eigenvalue weighted by atomic mass is 10.0. The van der Waals surface area contributed by atoms with Crippen LogP contribution < -0.4 is 4.74 Å². The van der Waals surface area contributed by atoms with Crippen molar-refractivity contribution in [1.82, 2.24) is 0 Å². The topological polar surface area (TPSA) is 66.8 Å². The first-order valence-corrected chi connectivity index (χ1v) is 4.56. The molecule has 0 aliphatic heterocycles. The number of Topliss-reactive ketones (excluding diaryl/α,β-unsaturated/α-hetero) is 1. The Hall–Kier alpha value is -1.39. The van der Waals surface area contributed by atoms with Crippen LogP contribution in [0.25, 0.3) is 0 Å². The summed E-state index contributed by atoms with van der Waals surface area (Å²) in [6.45, 7) is 1.23. The fraction of sp³-hybridized carbons (Fsp3) is 0.364. The van der Waals surface area contributed by atoms with Crippen molar-refractivity contribution in [3.05, 3.63) is 29.8 Å². The summed E-state index contributed by atoms with van der Waals surface area (Å²) in [5, 5.41) is 19.0. The van der Waals surface area contributed by atoms with E-state index in [9.17, 15) is 15.0 Å². The van der Waals surface area contributed by atoms with E-state index in [2.05, 4.69) is 0 Å². The molecule has 82 valence electrons. The van der Waals surface area contributed by atoms with Crippen LogP contribution >= 0.6 is 0 Å². The Labute approximate surface area is 88.1 Å². The molecule has 0 spiro atoms. The molecule has 1 aromatic carbocycles. The van der Waals surface area contributed by atoms with Gasteiger partial charge in [-0.15, -0.1) is 0 Å². The number of carbonyl (C=O) groups is 1. The van der Waals surface area contributed by atoms with Gasteiger partial charge in [-0.1, -0.05) is 12.1 Å². The zero-order valence-corrected chi connectivity index (χ0v) is 8.68. The summed E-state index contributed by atoms with van der Waals surface area (Å²) >= 11 is 0. The van der Waals surface area contributed by atoms with Crippen molar-refractivity contribution in [2.24, 2.45) is 0 Å². The maximum absolute atomic E-state index is 10.8. The molecule has 2 atom stereocenters. The Bertz CT molecular complexity index is 331. The molecule has 0 radical (unpaired) electrons. The first kappa shape index (κ1) is 11.7. The van der Waals surface area contributed by atoms with Crippen molar-refractivity contribution in [1.29, 1.82) is 0 Å². The molecule has 0 aromatic heterocycles. The van der Waals surface area contributed by atoms with Crippen molar-refractivity contribution in [3.8, 4) is 5.75 Å². The molecule has 0 saturated heterocycles. The van der Waals surface area contributed by atoms with Crippen molar-refractivity contribution < 1.29 is 19.7 Å². The van der Waals surface area contributed by atoms with E-state index in [-0.39, 0.29) is 0 Å². The number of ether oxygens (including phenoxy) is 1. The van der Waals surface area contributed by atoms with Gasteiger partial charge in [-0.25, -0.2) is 0 Å². The van der Waals surface area contributed by atoms with Crippen LogP contribution in [0.5, 0.6) is 5.75 Å². The molecule has 2 N–H and O–H groups in total. The zero-order chi connectivity index (χ0) is 11.4. The standard InChI is InChI=1S/C11H14O4/c1-7(12)10(13)11(14)8-3-5-9(15-2)6-4-8/h3-6,10-11,13-14H,1-2H3/t10-,11-/m1/s1. The maximum atomic E-state index is 10.8. The number of benzene rings is 1. The number of ketones is 1. The van der Waals surface area contributed by atoms with Crippen molar-refractivity contribution in [2.45, 2.75) is 19.1 Å². The average molecular weight is 210 g/mol. The highest BCUT2D eigenvalue weighted by atomic mass is 16.5. The average Bonchev–Trinajstić information content (AvgIpc) is 2.27. The molecule has 0 aliphatic rings. The summed E-state index contributed by atoms with van der Waals surface area (Å²) in [6, 6.07) is 6.53. The molecule has 4 heteroatoms. The number of methoxy groups -OCH3 is 1. The van der Waals surface area contributed by atoms with Gasteiger partial charge in [0.2, 0.25) is 0 Å². The fourth-order valence-electron chi connectivity index (χ4n) is 1.21. The molecule has 0 aliphatic carbocycles. The Morgan fingerprint density at radius 3 is 2.20 bits per heavy atom. The highest BCUT2D eigenvalue weighted by Crippen LogP contribution is 2.20. The third-order valence-corrected chi connectivity index (χ3v) is 2.17. The summed E-state index contributed by atoms with van der Waals surface area (Å²) in [6.07, 6.45) is -2.56. The van der Waals surface area contributed by atoms with Gasteiger partial charge in [-0.05, 0) is 24.6 Å². The predicted molar refractivity (Wildman–Crippen MR) is 54.6 cm³/mol. The van der Waals surface area contributed by atoms with E-state index in [1.165, 1.54) is 14.0 Å². The van der Waals surface area contributed by atoms with E-state index < -0.39 is 18.0 Å². The SMILES string of the molecule is COc1ccc([C@@H](O)[C@H](O)C(C)=O)cc1. The molecule has 0 heterocycles. The van der Waals surface area contributed by atoms with Gasteiger partial charge < -0.3 is 14.9 Å².